The lowest BCUT2D eigenvalue weighted by Gasteiger charge is -2.29. The van der Waals surface area contributed by atoms with E-state index in [-0.39, 0.29) is 12.0 Å². The largest absolute Gasteiger partial charge is 0.330 e. The van der Waals surface area contributed by atoms with Gasteiger partial charge in [-0.1, -0.05) is 68.5 Å². The summed E-state index contributed by atoms with van der Waals surface area (Å²) in [6, 6.07) is 14.7. The molecular weight excluding hydrogens is 348 g/mol. The predicted molar refractivity (Wildman–Crippen MR) is 115 cm³/mol. The second kappa shape index (κ2) is 11.2. The van der Waals surface area contributed by atoms with Crippen molar-refractivity contribution in [3.63, 3.8) is 0 Å². The van der Waals surface area contributed by atoms with Crippen molar-refractivity contribution >= 4 is 16.7 Å². The summed E-state index contributed by atoms with van der Waals surface area (Å²) in [5, 5.41) is 4.06. The van der Waals surface area contributed by atoms with E-state index in [1.165, 1.54) is 30.0 Å². The molecule has 0 bridgehead atoms. The van der Waals surface area contributed by atoms with E-state index >= 15 is 0 Å². The van der Waals surface area contributed by atoms with Gasteiger partial charge in [0, 0.05) is 6.42 Å². The van der Waals surface area contributed by atoms with Crippen LogP contribution in [0.5, 0.6) is 0 Å². The van der Waals surface area contributed by atoms with Gasteiger partial charge in [-0.05, 0) is 54.6 Å². The van der Waals surface area contributed by atoms with Crippen molar-refractivity contribution in [2.75, 3.05) is 6.54 Å². The van der Waals surface area contributed by atoms with Crippen LogP contribution in [0.2, 0.25) is 0 Å². The van der Waals surface area contributed by atoms with Crippen LogP contribution in [0, 0.1) is 0 Å². The molecule has 2 aromatic rings. The number of hydrogen-bond acceptors (Lipinski definition) is 3. The Morgan fingerprint density at radius 1 is 0.964 bits per heavy atom. The molecule has 1 saturated carbocycles. The van der Waals surface area contributed by atoms with E-state index in [9.17, 15) is 4.79 Å². The molecule has 152 valence electrons. The molecule has 0 unspecified atom stereocenters. The van der Waals surface area contributed by atoms with Crippen LogP contribution in [0.15, 0.2) is 42.5 Å². The summed E-state index contributed by atoms with van der Waals surface area (Å²) in [6.07, 6.45) is 10.6. The molecule has 4 nitrogen and oxygen atoms in total. The van der Waals surface area contributed by atoms with Gasteiger partial charge in [-0.3, -0.25) is 9.63 Å². The average molecular weight is 383 g/mol. The molecule has 4 heteroatoms. The summed E-state index contributed by atoms with van der Waals surface area (Å²) in [4.78, 5) is 19.1. The highest BCUT2D eigenvalue weighted by molar-refractivity contribution is 5.83. The van der Waals surface area contributed by atoms with Crippen molar-refractivity contribution in [3.05, 3.63) is 48.0 Å². The molecule has 28 heavy (non-hydrogen) atoms. The molecule has 0 aromatic heterocycles. The first kappa shape index (κ1) is 20.8. The third-order valence-electron chi connectivity index (χ3n) is 5.59. The Morgan fingerprint density at radius 3 is 2.50 bits per heavy atom. The smallest absolute Gasteiger partial charge is 0.246 e. The first-order valence-corrected chi connectivity index (χ1v) is 10.9. The minimum atomic E-state index is 0.103. The standard InChI is InChI=1S/C24H34N2O2/c25-17-9-2-1-6-14-24(27)26(28-23-12-4-3-5-13-23)19-20-15-16-21-10-7-8-11-22(21)18-20/h7-8,10-11,15-16,18,23H,1-6,9,12-14,17,19,25H2. The topological polar surface area (TPSA) is 55.6 Å². The Labute approximate surface area is 169 Å². The number of hydrogen-bond donors (Lipinski definition) is 1. The fourth-order valence-electron chi connectivity index (χ4n) is 3.94. The minimum absolute atomic E-state index is 0.103. The molecule has 1 aliphatic rings. The Bertz CT molecular complexity index is 740. The van der Waals surface area contributed by atoms with Crippen LogP contribution >= 0.6 is 0 Å². The van der Waals surface area contributed by atoms with Gasteiger partial charge in [0.15, 0.2) is 0 Å². The summed E-state index contributed by atoms with van der Waals surface area (Å²) >= 11 is 0. The molecule has 0 saturated heterocycles. The van der Waals surface area contributed by atoms with Crippen LogP contribution in [0.3, 0.4) is 0 Å². The van der Waals surface area contributed by atoms with Crippen molar-refractivity contribution in [2.24, 2.45) is 5.73 Å². The Balaban J connectivity index is 1.64. The van der Waals surface area contributed by atoms with Crippen molar-refractivity contribution in [1.29, 1.82) is 0 Å². The number of hydroxylamine groups is 2. The van der Waals surface area contributed by atoms with Gasteiger partial charge in [0.25, 0.3) is 0 Å². The fourth-order valence-corrected chi connectivity index (χ4v) is 3.94. The number of fused-ring (bicyclic) bond motifs is 1. The summed E-state index contributed by atoms with van der Waals surface area (Å²) < 4.78 is 0. The maximum atomic E-state index is 12.9. The zero-order valence-corrected chi connectivity index (χ0v) is 16.9. The van der Waals surface area contributed by atoms with Crippen molar-refractivity contribution < 1.29 is 9.63 Å². The van der Waals surface area contributed by atoms with Crippen LogP contribution in [0.4, 0.5) is 0 Å². The molecule has 3 rings (SSSR count). The maximum absolute atomic E-state index is 12.9. The normalized spacial score (nSPS) is 15.0. The number of carbonyl (C=O) groups excluding carboxylic acids is 1. The average Bonchev–Trinajstić information content (AvgIpc) is 2.73. The number of rotatable bonds is 10. The molecule has 0 radical (unpaired) electrons. The molecular formula is C24H34N2O2. The van der Waals surface area contributed by atoms with Crippen LogP contribution in [0.25, 0.3) is 10.8 Å². The van der Waals surface area contributed by atoms with Gasteiger partial charge in [0.2, 0.25) is 5.91 Å². The van der Waals surface area contributed by atoms with E-state index in [1.54, 1.807) is 5.06 Å². The predicted octanol–water partition coefficient (Wildman–Crippen LogP) is 5.34. The van der Waals surface area contributed by atoms with Crippen molar-refractivity contribution in [1.82, 2.24) is 5.06 Å². The maximum Gasteiger partial charge on any atom is 0.246 e. The first-order chi connectivity index (χ1) is 13.8. The van der Waals surface area contributed by atoms with E-state index in [4.69, 9.17) is 10.6 Å². The number of nitrogens with two attached hydrogens (primary N) is 1. The molecule has 0 atom stereocenters. The van der Waals surface area contributed by atoms with Crippen molar-refractivity contribution in [2.45, 2.75) is 76.9 Å². The Kier molecular flexibility index (Phi) is 8.31. The van der Waals surface area contributed by atoms with Gasteiger partial charge in [0.1, 0.15) is 0 Å². The quantitative estimate of drug-likeness (QED) is 0.446. The number of carbonyl (C=O) groups is 1. The highest BCUT2D eigenvalue weighted by atomic mass is 16.7. The second-order valence-corrected chi connectivity index (χ2v) is 7.93. The SMILES string of the molecule is NCCCCCCC(=O)N(Cc1ccc2ccccc2c1)OC1CCCCC1. The molecule has 0 aliphatic heterocycles. The highest BCUT2D eigenvalue weighted by Gasteiger charge is 2.22. The van der Waals surface area contributed by atoms with Gasteiger partial charge >= 0.3 is 0 Å². The van der Waals surface area contributed by atoms with Gasteiger partial charge in [-0.25, -0.2) is 5.06 Å². The summed E-state index contributed by atoms with van der Waals surface area (Å²) in [5.74, 6) is 0.103. The third-order valence-corrected chi connectivity index (χ3v) is 5.59. The molecule has 2 aromatic carbocycles. The highest BCUT2D eigenvalue weighted by Crippen LogP contribution is 2.24. The Morgan fingerprint density at radius 2 is 1.71 bits per heavy atom. The van der Waals surface area contributed by atoms with E-state index in [0.717, 1.165) is 50.6 Å². The second-order valence-electron chi connectivity index (χ2n) is 7.93. The summed E-state index contributed by atoms with van der Waals surface area (Å²) in [5.41, 5.74) is 6.67. The van der Waals surface area contributed by atoms with E-state index < -0.39 is 0 Å². The zero-order valence-electron chi connectivity index (χ0n) is 16.9. The molecule has 1 amide bonds. The van der Waals surface area contributed by atoms with E-state index in [1.807, 2.05) is 0 Å². The molecule has 1 fully saturated rings. The number of benzene rings is 2. The van der Waals surface area contributed by atoms with Gasteiger partial charge in [0.05, 0.1) is 12.6 Å². The van der Waals surface area contributed by atoms with Crippen LogP contribution in [-0.4, -0.2) is 23.6 Å². The third kappa shape index (κ3) is 6.32. The van der Waals surface area contributed by atoms with Gasteiger partial charge < -0.3 is 5.73 Å². The van der Waals surface area contributed by atoms with Crippen LogP contribution in [0.1, 0.15) is 69.8 Å². The minimum Gasteiger partial charge on any atom is -0.330 e. The van der Waals surface area contributed by atoms with Gasteiger partial charge in [-0.15, -0.1) is 0 Å². The Hall–Kier alpha value is -1.91. The van der Waals surface area contributed by atoms with Crippen LogP contribution in [-0.2, 0) is 16.2 Å². The summed E-state index contributed by atoms with van der Waals surface area (Å²) in [7, 11) is 0. The first-order valence-electron chi connectivity index (χ1n) is 10.9. The van der Waals surface area contributed by atoms with Crippen molar-refractivity contribution in [3.8, 4) is 0 Å². The van der Waals surface area contributed by atoms with E-state index in [0.29, 0.717) is 13.0 Å². The lowest BCUT2D eigenvalue weighted by molar-refractivity contribution is -0.215. The molecule has 1 aliphatic carbocycles. The monoisotopic (exact) mass is 382 g/mol. The fraction of sp³-hybridized carbons (Fsp3) is 0.542. The molecule has 2 N–H and O–H groups in total. The molecule has 0 spiro atoms. The zero-order chi connectivity index (χ0) is 19.6. The number of nitrogens with zero attached hydrogens (tertiary/aromatic N) is 1. The number of amides is 1. The number of unbranched alkanes of at least 4 members (excludes halogenated alkanes) is 3. The summed E-state index contributed by atoms with van der Waals surface area (Å²) in [6.45, 7) is 1.25. The lowest BCUT2D eigenvalue weighted by atomic mass is 9.98. The van der Waals surface area contributed by atoms with Crippen LogP contribution < -0.4 is 5.73 Å². The van der Waals surface area contributed by atoms with Gasteiger partial charge in [-0.2, -0.15) is 0 Å². The van der Waals surface area contributed by atoms with E-state index in [2.05, 4.69) is 42.5 Å². The lowest BCUT2D eigenvalue weighted by Crippen LogP contribution is -2.35. The molecule has 0 heterocycles.